The number of carbonyl (C=O) groups is 1. The Morgan fingerprint density at radius 2 is 1.70 bits per heavy atom. The fraction of sp³-hybridized carbons (Fsp3) is 0.345. The van der Waals surface area contributed by atoms with E-state index >= 15 is 0 Å². The highest BCUT2D eigenvalue weighted by Crippen LogP contribution is 2.53. The van der Waals surface area contributed by atoms with Crippen LogP contribution in [0.25, 0.3) is 0 Å². The topological polar surface area (TPSA) is 44.8 Å². The van der Waals surface area contributed by atoms with Crippen LogP contribution in [0.1, 0.15) is 68.9 Å². The van der Waals surface area contributed by atoms with E-state index in [1.54, 1.807) is 31.4 Å². The predicted octanol–water partition coefficient (Wildman–Crippen LogP) is 6.84. The van der Waals surface area contributed by atoms with E-state index in [1.165, 1.54) is 5.56 Å². The summed E-state index contributed by atoms with van der Waals surface area (Å²) < 4.78 is 17.7. The molecule has 4 rings (SSSR count). The van der Waals surface area contributed by atoms with Crippen LogP contribution in [0.2, 0.25) is 0 Å². The van der Waals surface area contributed by atoms with E-state index in [9.17, 15) is 4.79 Å². The van der Waals surface area contributed by atoms with Crippen molar-refractivity contribution in [2.45, 2.75) is 59.0 Å². The molecule has 0 saturated carbocycles. The van der Waals surface area contributed by atoms with Gasteiger partial charge in [0.2, 0.25) is 0 Å². The monoisotopic (exact) mass is 444 g/mol. The van der Waals surface area contributed by atoms with Crippen LogP contribution >= 0.6 is 0 Å². The molecule has 0 amide bonds. The summed E-state index contributed by atoms with van der Waals surface area (Å²) in [5.41, 5.74) is 5.17. The zero-order valence-corrected chi connectivity index (χ0v) is 20.5. The van der Waals surface area contributed by atoms with E-state index in [-0.39, 0.29) is 12.1 Å². The minimum absolute atomic E-state index is 0.0417. The number of allylic oxidation sites excluding steroid dienone is 4. The van der Waals surface area contributed by atoms with Gasteiger partial charge in [0, 0.05) is 5.57 Å². The van der Waals surface area contributed by atoms with Gasteiger partial charge < -0.3 is 14.2 Å². The Morgan fingerprint density at radius 3 is 2.33 bits per heavy atom. The molecule has 2 unspecified atom stereocenters. The average molecular weight is 445 g/mol. The summed E-state index contributed by atoms with van der Waals surface area (Å²) in [6, 6.07) is 15.4. The van der Waals surface area contributed by atoms with E-state index in [4.69, 9.17) is 14.2 Å². The Kier molecular flexibility index (Phi) is 5.96. The van der Waals surface area contributed by atoms with Crippen LogP contribution in [0.5, 0.6) is 5.75 Å². The highest BCUT2D eigenvalue weighted by atomic mass is 16.5. The molecule has 0 radical (unpaired) electrons. The molecule has 1 heterocycles. The maximum absolute atomic E-state index is 13.3. The first-order chi connectivity index (χ1) is 15.7. The molecule has 2 atom stereocenters. The van der Waals surface area contributed by atoms with Crippen LogP contribution in [0.3, 0.4) is 0 Å². The Bertz CT molecular complexity index is 1180. The molecule has 0 saturated heterocycles. The van der Waals surface area contributed by atoms with Crippen LogP contribution < -0.4 is 4.74 Å². The molecule has 2 aliphatic rings. The van der Waals surface area contributed by atoms with E-state index in [1.807, 2.05) is 20.8 Å². The lowest BCUT2D eigenvalue weighted by Crippen LogP contribution is -2.35. The second-order valence-electron chi connectivity index (χ2n) is 9.30. The first-order valence-electron chi connectivity index (χ1n) is 11.5. The number of fused-ring (bicyclic) bond motifs is 1. The molecule has 0 N–H and O–H groups in total. The maximum Gasteiger partial charge on any atom is 0.343 e. The number of ether oxygens (including phenoxy) is 3. The number of hydrogen-bond donors (Lipinski definition) is 0. The Labute approximate surface area is 196 Å². The number of esters is 1. The fourth-order valence-corrected chi connectivity index (χ4v) is 4.90. The second-order valence-corrected chi connectivity index (χ2v) is 9.30. The maximum atomic E-state index is 13.3. The highest BCUT2D eigenvalue weighted by molar-refractivity contribution is 5.90. The van der Waals surface area contributed by atoms with Gasteiger partial charge in [0.1, 0.15) is 23.4 Å². The van der Waals surface area contributed by atoms with Gasteiger partial charge in [-0.25, -0.2) is 4.79 Å². The molecule has 1 aliphatic heterocycles. The standard InChI is InChI=1S/C29H32O4/c1-17(2)23-10-8-9-11-24(23)29(6)25-16-18(3)32-26(25)19(4)20(5)27(29)33-28(30)21-12-14-22(31-7)15-13-21/h8-18H,1-7H3. The summed E-state index contributed by atoms with van der Waals surface area (Å²) in [7, 11) is 1.60. The van der Waals surface area contributed by atoms with Gasteiger partial charge in [-0.1, -0.05) is 38.1 Å². The fourth-order valence-electron chi connectivity index (χ4n) is 4.90. The van der Waals surface area contributed by atoms with Gasteiger partial charge >= 0.3 is 5.97 Å². The summed E-state index contributed by atoms with van der Waals surface area (Å²) in [4.78, 5) is 13.3. The summed E-state index contributed by atoms with van der Waals surface area (Å²) >= 11 is 0. The van der Waals surface area contributed by atoms with E-state index in [0.717, 1.165) is 28.0 Å². The van der Waals surface area contributed by atoms with Gasteiger partial charge in [-0.3, -0.25) is 0 Å². The van der Waals surface area contributed by atoms with Crippen molar-refractivity contribution in [3.05, 3.63) is 99.5 Å². The predicted molar refractivity (Wildman–Crippen MR) is 130 cm³/mol. The molecule has 0 fully saturated rings. The lowest BCUT2D eigenvalue weighted by Gasteiger charge is -2.40. The molecule has 172 valence electrons. The van der Waals surface area contributed by atoms with Crippen molar-refractivity contribution in [1.82, 2.24) is 0 Å². The molecule has 0 bridgehead atoms. The molecule has 4 nitrogen and oxygen atoms in total. The number of methoxy groups -OCH3 is 1. The van der Waals surface area contributed by atoms with Crippen LogP contribution in [0.4, 0.5) is 0 Å². The highest BCUT2D eigenvalue weighted by Gasteiger charge is 2.48. The Hall–Kier alpha value is -3.27. The van der Waals surface area contributed by atoms with Crippen molar-refractivity contribution in [3.8, 4) is 5.75 Å². The van der Waals surface area contributed by atoms with Gasteiger partial charge in [-0.2, -0.15) is 0 Å². The third kappa shape index (κ3) is 3.78. The van der Waals surface area contributed by atoms with Crippen molar-refractivity contribution in [3.63, 3.8) is 0 Å². The zero-order valence-electron chi connectivity index (χ0n) is 20.5. The van der Waals surface area contributed by atoms with Gasteiger partial charge in [-0.05, 0) is 86.2 Å². The van der Waals surface area contributed by atoms with Gasteiger partial charge in [0.05, 0.1) is 18.1 Å². The second kappa shape index (κ2) is 8.58. The van der Waals surface area contributed by atoms with Crippen molar-refractivity contribution >= 4 is 5.97 Å². The largest absolute Gasteiger partial charge is 0.497 e. The van der Waals surface area contributed by atoms with Crippen molar-refractivity contribution in [2.24, 2.45) is 0 Å². The average Bonchev–Trinajstić information content (AvgIpc) is 3.22. The first-order valence-corrected chi connectivity index (χ1v) is 11.5. The van der Waals surface area contributed by atoms with E-state index in [2.05, 4.69) is 51.1 Å². The lowest BCUT2D eigenvalue weighted by atomic mass is 9.66. The Balaban J connectivity index is 1.89. The van der Waals surface area contributed by atoms with Crippen molar-refractivity contribution in [1.29, 1.82) is 0 Å². The molecule has 33 heavy (non-hydrogen) atoms. The molecular formula is C29H32O4. The Morgan fingerprint density at radius 1 is 1.03 bits per heavy atom. The lowest BCUT2D eigenvalue weighted by molar-refractivity contribution is 0.0578. The molecule has 0 spiro atoms. The third-order valence-electron chi connectivity index (χ3n) is 6.83. The first kappa shape index (κ1) is 22.9. The summed E-state index contributed by atoms with van der Waals surface area (Å²) in [5.74, 6) is 2.17. The van der Waals surface area contributed by atoms with Crippen LogP contribution in [0, 0.1) is 0 Å². The molecule has 1 aliphatic carbocycles. The summed E-state index contributed by atoms with van der Waals surface area (Å²) in [5, 5.41) is 0. The molecule has 0 aromatic heterocycles. The van der Waals surface area contributed by atoms with E-state index in [0.29, 0.717) is 23.0 Å². The quantitative estimate of drug-likeness (QED) is 0.474. The van der Waals surface area contributed by atoms with Gasteiger partial charge in [-0.15, -0.1) is 0 Å². The van der Waals surface area contributed by atoms with Crippen LogP contribution in [0.15, 0.2) is 82.8 Å². The number of rotatable bonds is 5. The van der Waals surface area contributed by atoms with Crippen LogP contribution in [-0.4, -0.2) is 19.2 Å². The van der Waals surface area contributed by atoms with E-state index < -0.39 is 5.41 Å². The number of benzene rings is 2. The minimum atomic E-state index is -0.660. The third-order valence-corrected chi connectivity index (χ3v) is 6.83. The molecule has 2 aromatic rings. The number of hydrogen-bond acceptors (Lipinski definition) is 4. The van der Waals surface area contributed by atoms with Crippen molar-refractivity contribution < 1.29 is 19.0 Å². The molecular weight excluding hydrogens is 412 g/mol. The van der Waals surface area contributed by atoms with Crippen LogP contribution in [-0.2, 0) is 14.9 Å². The molecule has 2 aromatic carbocycles. The van der Waals surface area contributed by atoms with Gasteiger partial charge in [0.15, 0.2) is 0 Å². The van der Waals surface area contributed by atoms with Gasteiger partial charge in [0.25, 0.3) is 0 Å². The summed E-state index contributed by atoms with van der Waals surface area (Å²) in [6.45, 7) is 12.6. The molecule has 4 heteroatoms. The smallest absolute Gasteiger partial charge is 0.343 e. The van der Waals surface area contributed by atoms with Crippen molar-refractivity contribution in [2.75, 3.05) is 7.11 Å². The summed E-state index contributed by atoms with van der Waals surface area (Å²) in [6.07, 6.45) is 2.11. The minimum Gasteiger partial charge on any atom is -0.497 e. The number of carbonyl (C=O) groups excluding carboxylic acids is 1. The zero-order chi connectivity index (χ0) is 23.9. The SMILES string of the molecule is COc1ccc(C(=O)OC2=C(C)C(C)=C3OC(C)C=C3C2(C)c2ccccc2C(C)C)cc1. The normalized spacial score (nSPS) is 22.2.